The van der Waals surface area contributed by atoms with E-state index in [1.807, 2.05) is 10.9 Å². The van der Waals surface area contributed by atoms with Gasteiger partial charge in [-0.3, -0.25) is 9.58 Å². The first-order valence-electron chi connectivity index (χ1n) is 6.09. The smallest absolute Gasteiger partial charge is 0.0967 e. The van der Waals surface area contributed by atoms with Crippen LogP contribution in [0, 0.1) is 0 Å². The van der Waals surface area contributed by atoms with E-state index < -0.39 is 0 Å². The lowest BCUT2D eigenvalue weighted by molar-refractivity contribution is 0.234. The van der Waals surface area contributed by atoms with Crippen molar-refractivity contribution in [3.63, 3.8) is 0 Å². The van der Waals surface area contributed by atoms with E-state index in [1.165, 1.54) is 25.7 Å². The molecule has 0 aromatic carbocycles. The first kappa shape index (κ1) is 11.5. The second-order valence-corrected chi connectivity index (χ2v) is 4.62. The normalized spacial score (nSPS) is 17.4. The summed E-state index contributed by atoms with van der Waals surface area (Å²) < 4.78 is 1.82. The first-order chi connectivity index (χ1) is 7.79. The van der Waals surface area contributed by atoms with Crippen LogP contribution in [-0.2, 0) is 13.1 Å². The minimum Gasteiger partial charge on any atom is -0.329 e. The second-order valence-electron chi connectivity index (χ2n) is 4.62. The monoisotopic (exact) mass is 223 g/mol. The van der Waals surface area contributed by atoms with Gasteiger partial charge in [-0.05, 0) is 19.9 Å². The largest absolute Gasteiger partial charge is 0.329 e. The molecule has 2 rings (SSSR count). The average molecular weight is 223 g/mol. The quantitative estimate of drug-likeness (QED) is 0.794. The Balaban J connectivity index is 1.87. The van der Waals surface area contributed by atoms with Gasteiger partial charge in [-0.2, -0.15) is 0 Å². The Hall–Kier alpha value is -0.940. The van der Waals surface area contributed by atoms with Gasteiger partial charge in [-0.1, -0.05) is 18.1 Å². The van der Waals surface area contributed by atoms with Crippen LogP contribution in [0.4, 0.5) is 0 Å². The molecular formula is C11H21N5. The van der Waals surface area contributed by atoms with Gasteiger partial charge in [0.1, 0.15) is 0 Å². The Bertz CT molecular complexity index is 316. The van der Waals surface area contributed by atoms with E-state index in [9.17, 15) is 0 Å². The zero-order valence-electron chi connectivity index (χ0n) is 9.97. The summed E-state index contributed by atoms with van der Waals surface area (Å²) in [5.74, 6) is 0. The molecule has 0 bridgehead atoms. The highest BCUT2D eigenvalue weighted by Gasteiger charge is 2.20. The van der Waals surface area contributed by atoms with Gasteiger partial charge in [0, 0.05) is 25.3 Å². The van der Waals surface area contributed by atoms with Crippen LogP contribution in [0.1, 0.15) is 31.4 Å². The van der Waals surface area contributed by atoms with Crippen molar-refractivity contribution >= 4 is 0 Å². The molecule has 1 heterocycles. The molecule has 0 spiro atoms. The summed E-state index contributed by atoms with van der Waals surface area (Å²) in [6, 6.07) is 0.736. The summed E-state index contributed by atoms with van der Waals surface area (Å²) in [7, 11) is 2.18. The van der Waals surface area contributed by atoms with E-state index >= 15 is 0 Å². The Kier molecular flexibility index (Phi) is 3.90. The fourth-order valence-electron chi connectivity index (χ4n) is 2.38. The summed E-state index contributed by atoms with van der Waals surface area (Å²) in [5.41, 5.74) is 6.52. The first-order valence-corrected chi connectivity index (χ1v) is 6.09. The van der Waals surface area contributed by atoms with Gasteiger partial charge in [0.15, 0.2) is 0 Å². The zero-order valence-corrected chi connectivity index (χ0v) is 9.97. The van der Waals surface area contributed by atoms with E-state index in [0.29, 0.717) is 6.54 Å². The molecule has 0 aliphatic heterocycles. The lowest BCUT2D eigenvalue weighted by atomic mass is 10.2. The molecule has 5 nitrogen and oxygen atoms in total. The molecule has 5 heteroatoms. The van der Waals surface area contributed by atoms with Gasteiger partial charge >= 0.3 is 0 Å². The van der Waals surface area contributed by atoms with Crippen molar-refractivity contribution in [3.05, 3.63) is 11.9 Å². The van der Waals surface area contributed by atoms with Crippen molar-refractivity contribution in [2.45, 2.75) is 44.8 Å². The maximum absolute atomic E-state index is 5.47. The molecule has 0 radical (unpaired) electrons. The Labute approximate surface area is 96.6 Å². The van der Waals surface area contributed by atoms with Crippen LogP contribution in [0.5, 0.6) is 0 Å². The highest BCUT2D eigenvalue weighted by Crippen LogP contribution is 2.23. The van der Waals surface area contributed by atoms with Gasteiger partial charge < -0.3 is 5.73 Å². The number of hydrogen-bond acceptors (Lipinski definition) is 4. The van der Waals surface area contributed by atoms with Crippen LogP contribution < -0.4 is 5.73 Å². The van der Waals surface area contributed by atoms with Crippen LogP contribution in [0.25, 0.3) is 0 Å². The molecule has 1 aromatic rings. The predicted octanol–water partition coefficient (Wildman–Crippen LogP) is 0.611. The third-order valence-corrected chi connectivity index (χ3v) is 3.30. The molecule has 0 atom stereocenters. The van der Waals surface area contributed by atoms with Gasteiger partial charge in [0.2, 0.25) is 0 Å². The van der Waals surface area contributed by atoms with Crippen LogP contribution in [0.2, 0.25) is 0 Å². The maximum atomic E-state index is 5.47. The van der Waals surface area contributed by atoms with Gasteiger partial charge in [-0.15, -0.1) is 5.10 Å². The lowest BCUT2D eigenvalue weighted by Gasteiger charge is -2.22. The summed E-state index contributed by atoms with van der Waals surface area (Å²) in [5, 5.41) is 8.21. The molecule has 1 aliphatic rings. The van der Waals surface area contributed by atoms with Gasteiger partial charge in [0.05, 0.1) is 12.2 Å². The van der Waals surface area contributed by atoms with E-state index in [0.717, 1.165) is 24.8 Å². The van der Waals surface area contributed by atoms with Crippen molar-refractivity contribution < 1.29 is 0 Å². The van der Waals surface area contributed by atoms with Crippen molar-refractivity contribution in [1.29, 1.82) is 0 Å². The highest BCUT2D eigenvalue weighted by atomic mass is 15.4. The van der Waals surface area contributed by atoms with Gasteiger partial charge in [0.25, 0.3) is 0 Å². The highest BCUT2D eigenvalue weighted by molar-refractivity contribution is 4.93. The maximum Gasteiger partial charge on any atom is 0.0967 e. The number of aromatic nitrogens is 3. The minimum absolute atomic E-state index is 0.612. The lowest BCUT2D eigenvalue weighted by Crippen LogP contribution is -2.28. The van der Waals surface area contributed by atoms with Crippen molar-refractivity contribution in [2.75, 3.05) is 13.6 Å². The van der Waals surface area contributed by atoms with Crippen molar-refractivity contribution in [1.82, 2.24) is 19.9 Å². The molecule has 90 valence electrons. The van der Waals surface area contributed by atoms with Crippen LogP contribution in [-0.4, -0.2) is 39.5 Å². The molecule has 0 amide bonds. The second kappa shape index (κ2) is 5.41. The minimum atomic E-state index is 0.612. The molecule has 1 fully saturated rings. The number of nitrogens with two attached hydrogens (primary N) is 1. The third-order valence-electron chi connectivity index (χ3n) is 3.30. The van der Waals surface area contributed by atoms with Crippen molar-refractivity contribution in [3.8, 4) is 0 Å². The van der Waals surface area contributed by atoms with E-state index in [-0.39, 0.29) is 0 Å². The summed E-state index contributed by atoms with van der Waals surface area (Å²) >= 11 is 0. The fraction of sp³-hybridized carbons (Fsp3) is 0.818. The molecule has 0 saturated heterocycles. The molecule has 0 unspecified atom stereocenters. The van der Waals surface area contributed by atoms with E-state index in [1.54, 1.807) is 0 Å². The average Bonchev–Trinajstić information content (AvgIpc) is 2.89. The molecule has 16 heavy (non-hydrogen) atoms. The summed E-state index contributed by atoms with van der Waals surface area (Å²) in [6.07, 6.45) is 7.39. The molecule has 1 aliphatic carbocycles. The Morgan fingerprint density at radius 3 is 2.94 bits per heavy atom. The van der Waals surface area contributed by atoms with Crippen LogP contribution >= 0.6 is 0 Å². The predicted molar refractivity (Wildman–Crippen MR) is 62.8 cm³/mol. The number of nitrogens with zero attached hydrogens (tertiary/aromatic N) is 4. The van der Waals surface area contributed by atoms with Crippen LogP contribution in [0.3, 0.4) is 0 Å². The zero-order chi connectivity index (χ0) is 11.4. The standard InChI is InChI=1S/C11H21N5/c1-15(11-4-2-3-5-11)8-10-9-16(7-6-12)14-13-10/h9,11H,2-8,12H2,1H3. The summed E-state index contributed by atoms with van der Waals surface area (Å²) in [4.78, 5) is 2.39. The van der Waals surface area contributed by atoms with Crippen molar-refractivity contribution in [2.24, 2.45) is 5.73 Å². The number of hydrogen-bond donors (Lipinski definition) is 1. The topological polar surface area (TPSA) is 60.0 Å². The molecule has 2 N–H and O–H groups in total. The Morgan fingerprint density at radius 1 is 1.50 bits per heavy atom. The number of rotatable bonds is 5. The molecule has 1 aromatic heterocycles. The van der Waals surface area contributed by atoms with E-state index in [4.69, 9.17) is 5.73 Å². The summed E-state index contributed by atoms with van der Waals surface area (Å²) in [6.45, 7) is 2.26. The van der Waals surface area contributed by atoms with Gasteiger partial charge in [-0.25, -0.2) is 0 Å². The molecule has 1 saturated carbocycles. The SMILES string of the molecule is CN(Cc1cn(CCN)nn1)C1CCCC1. The molecular weight excluding hydrogens is 202 g/mol. The Morgan fingerprint density at radius 2 is 2.25 bits per heavy atom. The van der Waals surface area contributed by atoms with Crippen LogP contribution in [0.15, 0.2) is 6.20 Å². The third kappa shape index (κ3) is 2.80. The fourth-order valence-corrected chi connectivity index (χ4v) is 2.38. The van der Waals surface area contributed by atoms with E-state index in [2.05, 4.69) is 22.3 Å².